The number of nitrogens with one attached hydrogen (secondary N) is 2. The van der Waals surface area contributed by atoms with Crippen molar-refractivity contribution >= 4 is 22.7 Å². The van der Waals surface area contributed by atoms with Gasteiger partial charge in [0.25, 0.3) is 0 Å². The number of ether oxygens (including phenoxy) is 2. The topological polar surface area (TPSA) is 106 Å². The molecule has 26 heavy (non-hydrogen) atoms. The predicted molar refractivity (Wildman–Crippen MR) is 97.5 cm³/mol. The molecule has 0 unspecified atom stereocenters. The summed E-state index contributed by atoms with van der Waals surface area (Å²) < 4.78 is 10.9. The summed E-state index contributed by atoms with van der Waals surface area (Å²) in [4.78, 5) is 26.4. The van der Waals surface area contributed by atoms with Gasteiger partial charge in [-0.25, -0.2) is 0 Å². The summed E-state index contributed by atoms with van der Waals surface area (Å²) in [5.41, 5.74) is 7.45. The van der Waals surface area contributed by atoms with Gasteiger partial charge < -0.3 is 25.5 Å². The average molecular weight is 359 g/mol. The van der Waals surface area contributed by atoms with Crippen LogP contribution in [0.15, 0.2) is 30.5 Å². The Morgan fingerprint density at radius 3 is 3.04 bits per heavy atom. The molecule has 2 heterocycles. The van der Waals surface area contributed by atoms with E-state index in [0.29, 0.717) is 26.1 Å². The van der Waals surface area contributed by atoms with Crippen molar-refractivity contribution in [2.24, 2.45) is 5.73 Å². The van der Waals surface area contributed by atoms with E-state index >= 15 is 0 Å². The van der Waals surface area contributed by atoms with Gasteiger partial charge in [-0.3, -0.25) is 9.59 Å². The normalized spacial score (nSPS) is 20.2. The number of primary amides is 1. The van der Waals surface area contributed by atoms with Crippen LogP contribution in [0.2, 0.25) is 0 Å². The number of hydrogen-bond acceptors (Lipinski definition) is 4. The van der Waals surface area contributed by atoms with Crippen molar-refractivity contribution in [1.29, 1.82) is 0 Å². The Kier molecular flexibility index (Phi) is 6.25. The van der Waals surface area contributed by atoms with E-state index in [9.17, 15) is 9.59 Å². The summed E-state index contributed by atoms with van der Waals surface area (Å²) in [5.74, 6) is -0.548. The minimum atomic E-state index is -0.514. The van der Waals surface area contributed by atoms with Crippen LogP contribution in [0.1, 0.15) is 24.8 Å². The van der Waals surface area contributed by atoms with E-state index in [1.807, 2.05) is 24.4 Å². The van der Waals surface area contributed by atoms with E-state index in [4.69, 9.17) is 15.2 Å². The Labute approximate surface area is 152 Å². The van der Waals surface area contributed by atoms with Crippen LogP contribution in [0, 0.1) is 0 Å². The number of hydrogen-bond donors (Lipinski definition) is 3. The van der Waals surface area contributed by atoms with Crippen molar-refractivity contribution in [3.05, 3.63) is 36.0 Å². The van der Waals surface area contributed by atoms with Crippen LogP contribution >= 0.6 is 0 Å². The van der Waals surface area contributed by atoms with Crippen LogP contribution in [-0.2, 0) is 25.5 Å². The van der Waals surface area contributed by atoms with Gasteiger partial charge in [-0.05, 0) is 30.9 Å². The third kappa shape index (κ3) is 4.83. The molecule has 0 spiro atoms. The third-order valence-electron chi connectivity index (χ3n) is 4.60. The van der Waals surface area contributed by atoms with Crippen LogP contribution < -0.4 is 11.1 Å². The van der Waals surface area contributed by atoms with Gasteiger partial charge in [0.15, 0.2) is 0 Å². The van der Waals surface area contributed by atoms with E-state index in [1.165, 1.54) is 10.9 Å². The van der Waals surface area contributed by atoms with Gasteiger partial charge in [-0.1, -0.05) is 18.2 Å². The SMILES string of the molecule is NC(=O)CO[C@@H]1CCOC[C@@H]1NC(=O)CCCc1c[nH]c2ccccc12. The Hall–Kier alpha value is -2.38. The number of amides is 2. The molecule has 2 atom stereocenters. The fraction of sp³-hybridized carbons (Fsp3) is 0.474. The summed E-state index contributed by atoms with van der Waals surface area (Å²) >= 11 is 0. The van der Waals surface area contributed by atoms with E-state index in [-0.39, 0.29) is 24.7 Å². The van der Waals surface area contributed by atoms with Gasteiger partial charge in [-0.2, -0.15) is 0 Å². The quantitative estimate of drug-likeness (QED) is 0.660. The number of aromatic nitrogens is 1. The van der Waals surface area contributed by atoms with Crippen molar-refractivity contribution in [3.63, 3.8) is 0 Å². The zero-order valence-electron chi connectivity index (χ0n) is 14.7. The van der Waals surface area contributed by atoms with E-state index < -0.39 is 5.91 Å². The fourth-order valence-corrected chi connectivity index (χ4v) is 3.30. The highest BCUT2D eigenvalue weighted by atomic mass is 16.5. The molecule has 0 bridgehead atoms. The molecule has 2 amide bonds. The number of benzene rings is 1. The van der Waals surface area contributed by atoms with E-state index in [1.54, 1.807) is 0 Å². The Morgan fingerprint density at radius 1 is 1.35 bits per heavy atom. The lowest BCUT2D eigenvalue weighted by Gasteiger charge is -2.31. The maximum Gasteiger partial charge on any atom is 0.243 e. The van der Waals surface area contributed by atoms with Crippen molar-refractivity contribution in [2.45, 2.75) is 37.8 Å². The minimum absolute atomic E-state index is 0.0342. The van der Waals surface area contributed by atoms with Crippen molar-refractivity contribution in [3.8, 4) is 0 Å². The second-order valence-electron chi connectivity index (χ2n) is 6.57. The molecule has 1 aliphatic heterocycles. The highest BCUT2D eigenvalue weighted by Gasteiger charge is 2.28. The molecule has 3 rings (SSSR count). The van der Waals surface area contributed by atoms with Gasteiger partial charge in [0, 0.05) is 30.1 Å². The molecular formula is C19H25N3O4. The molecule has 1 aromatic carbocycles. The van der Waals surface area contributed by atoms with Crippen LogP contribution in [0.5, 0.6) is 0 Å². The molecule has 1 aromatic heterocycles. The smallest absolute Gasteiger partial charge is 0.243 e. The van der Waals surface area contributed by atoms with Crippen LogP contribution in [0.3, 0.4) is 0 Å². The number of aryl methyl sites for hydroxylation is 1. The average Bonchev–Trinajstić information content (AvgIpc) is 3.04. The molecule has 2 aromatic rings. The van der Waals surface area contributed by atoms with Crippen LogP contribution in [0.25, 0.3) is 10.9 Å². The Morgan fingerprint density at radius 2 is 2.19 bits per heavy atom. The number of aromatic amines is 1. The Balaban J connectivity index is 1.46. The first-order valence-electron chi connectivity index (χ1n) is 8.95. The lowest BCUT2D eigenvalue weighted by Crippen LogP contribution is -2.51. The second-order valence-corrected chi connectivity index (χ2v) is 6.57. The lowest BCUT2D eigenvalue weighted by atomic mass is 10.0. The Bertz CT molecular complexity index is 758. The number of fused-ring (bicyclic) bond motifs is 1. The maximum absolute atomic E-state index is 12.3. The fourth-order valence-electron chi connectivity index (χ4n) is 3.30. The monoisotopic (exact) mass is 359 g/mol. The first-order valence-corrected chi connectivity index (χ1v) is 8.95. The summed E-state index contributed by atoms with van der Waals surface area (Å²) in [7, 11) is 0. The summed E-state index contributed by atoms with van der Waals surface area (Å²) in [6, 6.07) is 7.90. The van der Waals surface area contributed by atoms with Crippen molar-refractivity contribution in [2.75, 3.05) is 19.8 Å². The number of rotatable bonds is 8. The van der Waals surface area contributed by atoms with E-state index in [2.05, 4.69) is 16.4 Å². The van der Waals surface area contributed by atoms with Crippen molar-refractivity contribution in [1.82, 2.24) is 10.3 Å². The summed E-state index contributed by atoms with van der Waals surface area (Å²) in [5, 5.41) is 4.16. The molecule has 1 aliphatic rings. The van der Waals surface area contributed by atoms with E-state index in [0.717, 1.165) is 18.4 Å². The molecule has 0 aliphatic carbocycles. The highest BCUT2D eigenvalue weighted by molar-refractivity contribution is 5.83. The predicted octanol–water partition coefficient (Wildman–Crippen LogP) is 1.27. The largest absolute Gasteiger partial charge is 0.379 e. The molecular weight excluding hydrogens is 334 g/mol. The van der Waals surface area contributed by atoms with Gasteiger partial charge in [0.1, 0.15) is 6.61 Å². The number of carbonyl (C=O) groups excluding carboxylic acids is 2. The van der Waals surface area contributed by atoms with Crippen LogP contribution in [-0.4, -0.2) is 48.8 Å². The third-order valence-corrected chi connectivity index (χ3v) is 4.60. The molecule has 140 valence electrons. The molecule has 0 radical (unpaired) electrons. The number of nitrogens with two attached hydrogens (primary N) is 1. The zero-order valence-corrected chi connectivity index (χ0v) is 14.7. The molecule has 1 saturated heterocycles. The zero-order chi connectivity index (χ0) is 18.4. The summed E-state index contributed by atoms with van der Waals surface area (Å²) in [6.45, 7) is 0.797. The number of para-hydroxylation sites is 1. The number of carbonyl (C=O) groups is 2. The maximum atomic E-state index is 12.3. The van der Waals surface area contributed by atoms with Gasteiger partial charge in [0.2, 0.25) is 11.8 Å². The summed E-state index contributed by atoms with van der Waals surface area (Å²) in [6.07, 6.45) is 4.42. The van der Waals surface area contributed by atoms with Crippen molar-refractivity contribution < 1.29 is 19.1 Å². The standard InChI is InChI=1S/C19H25N3O4/c20-18(23)12-26-17-8-9-25-11-16(17)22-19(24)7-3-4-13-10-21-15-6-2-1-5-14(13)15/h1-2,5-6,10,16-17,21H,3-4,7-9,11-12H2,(H2,20,23)(H,22,24)/t16-,17+/m0/s1. The van der Waals surface area contributed by atoms with Gasteiger partial charge in [-0.15, -0.1) is 0 Å². The molecule has 0 saturated carbocycles. The first kappa shape index (κ1) is 18.4. The highest BCUT2D eigenvalue weighted by Crippen LogP contribution is 2.19. The lowest BCUT2D eigenvalue weighted by molar-refractivity contribution is -0.131. The molecule has 7 heteroatoms. The second kappa shape index (κ2) is 8.82. The van der Waals surface area contributed by atoms with Crippen LogP contribution in [0.4, 0.5) is 0 Å². The number of H-pyrrole nitrogens is 1. The van der Waals surface area contributed by atoms with Gasteiger partial charge in [0.05, 0.1) is 18.8 Å². The minimum Gasteiger partial charge on any atom is -0.379 e. The molecule has 1 fully saturated rings. The molecule has 4 N–H and O–H groups in total. The first-order chi connectivity index (χ1) is 12.6. The van der Waals surface area contributed by atoms with Gasteiger partial charge >= 0.3 is 0 Å². The molecule has 7 nitrogen and oxygen atoms in total.